The summed E-state index contributed by atoms with van der Waals surface area (Å²) in [6.07, 6.45) is -3.80. The molecule has 7 N–H and O–H groups in total. The normalized spacial score (nSPS) is 29.2. The summed E-state index contributed by atoms with van der Waals surface area (Å²) in [5.41, 5.74) is -9.87. The number of aliphatic hydroxyl groups excluding tert-OH is 2. The molecule has 0 spiro atoms. The Labute approximate surface area is 324 Å². The van der Waals surface area contributed by atoms with Gasteiger partial charge in [-0.3, -0.25) is 29.0 Å². The van der Waals surface area contributed by atoms with E-state index in [1.54, 1.807) is 13.0 Å². The highest BCUT2D eigenvalue weighted by molar-refractivity contribution is 6.31. The molecule has 1 amide bonds. The molecule has 1 fully saturated rings. The number of allylic oxidation sites excluding steroid dienone is 2. The Morgan fingerprint density at radius 1 is 0.982 bits per heavy atom. The average molecular weight is 796 g/mol. The van der Waals surface area contributed by atoms with E-state index in [1.807, 2.05) is 0 Å². The highest BCUT2D eigenvalue weighted by Crippen LogP contribution is 2.56. The standard InChI is InChI=1S/C38H37N3O14.ClH/c1-14-9-16-10-22(43)38(54-5)34(49)25-19(33(48)37(38,51)26(16)29(46)23(14)35(50)40-17-7-6-8-39-13-17)11-18-24(28(25)45)21(42)12-20(27(18)44)41-36-32(53-4)30(47)31(52-3)15(2)55-36;/h6-9,11-13,15,22,30-32,36,41,43,45-47,51H,10H2,1-5H3,(H,40,50);1H/t15-,22+,30+,31-,32+,36?,37-,38+;/m0./s1. The summed E-state index contributed by atoms with van der Waals surface area (Å²) in [4.78, 5) is 74.6. The largest absolute Gasteiger partial charge is 0.507 e. The van der Waals surface area contributed by atoms with Crippen LogP contribution in [0.5, 0.6) is 11.5 Å². The van der Waals surface area contributed by atoms with Crippen molar-refractivity contribution in [2.45, 2.75) is 68.2 Å². The molecule has 18 heteroatoms. The van der Waals surface area contributed by atoms with E-state index in [0.717, 1.165) is 19.3 Å². The maximum absolute atomic E-state index is 14.8. The zero-order chi connectivity index (χ0) is 39.9. The average Bonchev–Trinajstić information content (AvgIpc) is 3.13. The number of amides is 1. The van der Waals surface area contributed by atoms with Crippen molar-refractivity contribution in [1.29, 1.82) is 0 Å². The van der Waals surface area contributed by atoms with Gasteiger partial charge in [-0.2, -0.15) is 0 Å². The lowest BCUT2D eigenvalue weighted by atomic mass is 9.56. The van der Waals surface area contributed by atoms with Gasteiger partial charge in [0.25, 0.3) is 5.91 Å². The number of carbonyl (C=O) groups excluding carboxylic acids is 5. The number of ether oxygens (including phenoxy) is 4. The first-order chi connectivity index (χ1) is 26.1. The molecule has 2 heterocycles. The maximum atomic E-state index is 14.8. The van der Waals surface area contributed by atoms with Crippen LogP contribution in [0.3, 0.4) is 0 Å². The molecular formula is C38H38ClN3O14. The van der Waals surface area contributed by atoms with Crippen LogP contribution in [0, 0.1) is 6.92 Å². The molecule has 8 atom stereocenters. The molecule has 17 nitrogen and oxygen atoms in total. The van der Waals surface area contributed by atoms with E-state index in [0.29, 0.717) is 0 Å². The van der Waals surface area contributed by atoms with Crippen LogP contribution in [0.4, 0.5) is 5.69 Å². The number of nitrogens with zero attached hydrogens (tertiary/aromatic N) is 1. The molecule has 7 rings (SSSR count). The minimum absolute atomic E-state index is 0. The van der Waals surface area contributed by atoms with Crippen molar-refractivity contribution in [3.8, 4) is 11.5 Å². The summed E-state index contributed by atoms with van der Waals surface area (Å²) >= 11 is 0. The van der Waals surface area contributed by atoms with Crippen LogP contribution in [-0.4, -0.2) is 123 Å². The summed E-state index contributed by atoms with van der Waals surface area (Å²) < 4.78 is 22.2. The Morgan fingerprint density at radius 3 is 2.30 bits per heavy atom. The number of carbonyl (C=O) groups is 5. The number of benzene rings is 2. The number of hydrogen-bond acceptors (Lipinski definition) is 16. The van der Waals surface area contributed by atoms with Crippen LogP contribution < -0.4 is 10.6 Å². The third-order valence-electron chi connectivity index (χ3n) is 10.9. The number of nitrogens with one attached hydrogen (secondary N) is 2. The second-order valence-electron chi connectivity index (χ2n) is 13.8. The minimum Gasteiger partial charge on any atom is -0.507 e. The molecule has 1 saturated heterocycles. The first-order valence-electron chi connectivity index (χ1n) is 17.1. The number of rotatable bonds is 7. The monoisotopic (exact) mass is 795 g/mol. The van der Waals surface area contributed by atoms with E-state index in [9.17, 15) is 49.5 Å². The van der Waals surface area contributed by atoms with Gasteiger partial charge in [0, 0.05) is 56.7 Å². The fourth-order valence-corrected chi connectivity index (χ4v) is 8.41. The van der Waals surface area contributed by atoms with Gasteiger partial charge in [0.2, 0.25) is 17.3 Å². The van der Waals surface area contributed by atoms with Crippen molar-refractivity contribution >= 4 is 47.1 Å². The number of aryl methyl sites for hydroxylation is 1. The van der Waals surface area contributed by atoms with Gasteiger partial charge in [-0.15, -0.1) is 12.4 Å². The molecule has 0 saturated carbocycles. The smallest absolute Gasteiger partial charge is 0.259 e. The predicted molar refractivity (Wildman–Crippen MR) is 194 cm³/mol. The maximum Gasteiger partial charge on any atom is 0.259 e. The lowest BCUT2D eigenvalue weighted by Crippen LogP contribution is -2.73. The minimum atomic E-state index is -3.26. The molecule has 296 valence electrons. The van der Waals surface area contributed by atoms with Crippen molar-refractivity contribution in [3.05, 3.63) is 92.9 Å². The molecule has 0 radical (unpaired) electrons. The molecule has 3 aromatic rings. The van der Waals surface area contributed by atoms with E-state index in [1.165, 1.54) is 45.7 Å². The van der Waals surface area contributed by atoms with E-state index in [2.05, 4.69) is 15.6 Å². The molecule has 0 bridgehead atoms. The molecule has 4 aliphatic rings. The molecule has 1 aliphatic heterocycles. The van der Waals surface area contributed by atoms with Crippen LogP contribution in [0.1, 0.15) is 75.4 Å². The van der Waals surface area contributed by atoms with Crippen LogP contribution in [-0.2, 0) is 31.0 Å². The van der Waals surface area contributed by atoms with Crippen molar-refractivity contribution in [3.63, 3.8) is 0 Å². The number of anilines is 1. The van der Waals surface area contributed by atoms with Crippen LogP contribution in [0.2, 0.25) is 0 Å². The first-order valence-corrected chi connectivity index (χ1v) is 17.1. The van der Waals surface area contributed by atoms with Gasteiger partial charge < -0.3 is 55.1 Å². The van der Waals surface area contributed by atoms with Crippen LogP contribution >= 0.6 is 12.4 Å². The number of Topliss-reactive ketones (excluding diaryl/α,β-unsaturated/α-hetero) is 3. The number of fused-ring (bicyclic) bond motifs is 5. The summed E-state index contributed by atoms with van der Waals surface area (Å²) in [6.45, 7) is 3.09. The fourth-order valence-electron chi connectivity index (χ4n) is 8.41. The Hall–Kier alpha value is -5.11. The molecule has 2 aromatic carbocycles. The van der Waals surface area contributed by atoms with Crippen LogP contribution in [0.15, 0.2) is 48.4 Å². The van der Waals surface area contributed by atoms with Gasteiger partial charge in [0.1, 0.15) is 29.8 Å². The number of pyridine rings is 1. The van der Waals surface area contributed by atoms with Gasteiger partial charge in [-0.05, 0) is 43.2 Å². The third-order valence-corrected chi connectivity index (χ3v) is 10.9. The number of halogens is 1. The summed E-state index contributed by atoms with van der Waals surface area (Å²) in [7, 11) is 3.59. The number of aliphatic hydroxyl groups is 3. The van der Waals surface area contributed by atoms with Crippen molar-refractivity contribution in [1.82, 2.24) is 10.3 Å². The number of hydrogen-bond donors (Lipinski definition) is 7. The topological polar surface area (TPSA) is 260 Å². The van der Waals surface area contributed by atoms with Gasteiger partial charge in [0.15, 0.2) is 23.2 Å². The summed E-state index contributed by atoms with van der Waals surface area (Å²) in [5.74, 6) is -7.50. The van der Waals surface area contributed by atoms with Gasteiger partial charge >= 0.3 is 0 Å². The van der Waals surface area contributed by atoms with Crippen molar-refractivity contribution < 1.29 is 68.5 Å². The van der Waals surface area contributed by atoms with Gasteiger partial charge in [-0.1, -0.05) is 6.07 Å². The number of aromatic nitrogens is 1. The zero-order valence-electron chi connectivity index (χ0n) is 30.5. The SMILES string of the molecule is CO[C@@H]1[C@@H](O)[C@@H](OC)C(NC2=CC(=O)c3c(cc4c(c3O)C(=O)[C@]3(OC)[C@H](O)Cc5cc(C)c(C(=O)Nc6cccnc6)c(O)c5[C@]3(O)C4=O)C2=O)O[C@H]1C.Cl. The zero-order valence-corrected chi connectivity index (χ0v) is 31.3. The highest BCUT2D eigenvalue weighted by atomic mass is 35.5. The second-order valence-corrected chi connectivity index (χ2v) is 13.8. The summed E-state index contributed by atoms with van der Waals surface area (Å²) in [6, 6.07) is 5.31. The fraction of sp³-hybridized carbons (Fsp3) is 0.368. The van der Waals surface area contributed by atoms with Gasteiger partial charge in [0.05, 0.1) is 46.5 Å². The lowest BCUT2D eigenvalue weighted by Gasteiger charge is -2.53. The molecular weight excluding hydrogens is 758 g/mol. The lowest BCUT2D eigenvalue weighted by molar-refractivity contribution is -0.236. The summed E-state index contributed by atoms with van der Waals surface area (Å²) in [5, 5.41) is 63.8. The van der Waals surface area contributed by atoms with E-state index >= 15 is 0 Å². The number of phenolic OH excluding ortho intramolecular Hbond substituents is 2. The third kappa shape index (κ3) is 5.49. The molecule has 3 aliphatic carbocycles. The van der Waals surface area contributed by atoms with E-state index in [4.69, 9.17) is 18.9 Å². The quantitative estimate of drug-likeness (QED) is 0.176. The molecule has 56 heavy (non-hydrogen) atoms. The van der Waals surface area contributed by atoms with Crippen molar-refractivity contribution in [2.24, 2.45) is 0 Å². The number of aromatic hydroxyl groups is 2. The first kappa shape index (κ1) is 40.6. The number of phenols is 2. The Morgan fingerprint density at radius 2 is 1.68 bits per heavy atom. The van der Waals surface area contributed by atoms with Crippen molar-refractivity contribution in [2.75, 3.05) is 26.6 Å². The van der Waals surface area contributed by atoms with E-state index < -0.39 is 123 Å². The number of methoxy groups -OCH3 is 3. The molecule has 1 unspecified atom stereocenters. The van der Waals surface area contributed by atoms with Crippen LogP contribution in [0.25, 0.3) is 0 Å². The number of ketones is 4. The Balaban J connectivity index is 0.00000532. The van der Waals surface area contributed by atoms with Gasteiger partial charge in [-0.25, -0.2) is 0 Å². The van der Waals surface area contributed by atoms with E-state index in [-0.39, 0.29) is 40.5 Å². The highest BCUT2D eigenvalue weighted by Gasteiger charge is 2.72. The Bertz CT molecular complexity index is 2230. The molecule has 1 aromatic heterocycles. The Kier molecular flexibility index (Phi) is 10.5. The second kappa shape index (κ2) is 14.4. The predicted octanol–water partition coefficient (Wildman–Crippen LogP) is 1.03.